The molecule has 0 bridgehead atoms. The van der Waals surface area contributed by atoms with E-state index in [0.717, 1.165) is 0 Å². The van der Waals surface area contributed by atoms with Crippen LogP contribution in [-0.2, 0) is 0 Å². The van der Waals surface area contributed by atoms with Crippen molar-refractivity contribution in [3.63, 3.8) is 0 Å². The van der Waals surface area contributed by atoms with Crippen molar-refractivity contribution in [1.29, 1.82) is 0 Å². The Labute approximate surface area is 108 Å². The average Bonchev–Trinajstić information content (AvgIpc) is 2.22. The first kappa shape index (κ1) is 15.3. The fourth-order valence-electron chi connectivity index (χ4n) is 1.03. The normalized spacial score (nSPS) is 12.2. The lowest BCUT2D eigenvalue weighted by Crippen LogP contribution is -2.28. The van der Waals surface area contributed by atoms with Gasteiger partial charge in [0.15, 0.2) is 6.61 Å². The van der Waals surface area contributed by atoms with Crippen LogP contribution in [-0.4, -0.2) is 40.4 Å². The van der Waals surface area contributed by atoms with Gasteiger partial charge in [-0.05, 0) is 20.8 Å². The molecule has 0 atom stereocenters. The highest BCUT2D eigenvalue weighted by Gasteiger charge is 2.29. The number of ether oxygens (including phenoxy) is 2. The number of aromatic nitrogens is 3. The zero-order valence-corrected chi connectivity index (χ0v) is 11.0. The number of alkyl halides is 3. The molecule has 6 nitrogen and oxygen atoms in total. The monoisotopic (exact) mass is 280 g/mol. The summed E-state index contributed by atoms with van der Waals surface area (Å²) in [5.74, 6) is 0.0801. The number of halogens is 3. The third-order valence-corrected chi connectivity index (χ3v) is 1.63. The lowest BCUT2D eigenvalue weighted by Gasteiger charge is -2.20. The van der Waals surface area contributed by atoms with Crippen LogP contribution in [0.25, 0.3) is 0 Å². The molecule has 0 aromatic carbocycles. The number of rotatable bonds is 4. The van der Waals surface area contributed by atoms with Crippen molar-refractivity contribution >= 4 is 5.95 Å². The Hall–Kier alpha value is -1.80. The van der Waals surface area contributed by atoms with E-state index in [1.165, 1.54) is 7.11 Å². The molecule has 9 heteroatoms. The van der Waals surface area contributed by atoms with Crippen LogP contribution in [0, 0.1) is 0 Å². The SMILES string of the molecule is COc1nc(NC(C)(C)C)nc(OCC(F)(F)F)n1. The Kier molecular flexibility index (Phi) is 4.38. The van der Waals surface area contributed by atoms with Crippen LogP contribution >= 0.6 is 0 Å². The predicted molar refractivity (Wildman–Crippen MR) is 61.3 cm³/mol. The van der Waals surface area contributed by atoms with Gasteiger partial charge in [0, 0.05) is 5.54 Å². The Balaban J connectivity index is 2.89. The summed E-state index contributed by atoms with van der Waals surface area (Å²) in [7, 11) is 1.30. The molecule has 1 aromatic rings. The fraction of sp³-hybridized carbons (Fsp3) is 0.700. The van der Waals surface area contributed by atoms with Crippen molar-refractivity contribution < 1.29 is 22.6 Å². The highest BCUT2D eigenvalue weighted by Crippen LogP contribution is 2.19. The first-order valence-electron chi connectivity index (χ1n) is 5.37. The van der Waals surface area contributed by atoms with E-state index in [-0.39, 0.29) is 17.5 Å². The topological polar surface area (TPSA) is 69.2 Å². The molecular weight excluding hydrogens is 265 g/mol. The summed E-state index contributed by atoms with van der Waals surface area (Å²) in [6.45, 7) is 4.06. The molecule has 0 aliphatic heterocycles. The minimum absolute atomic E-state index is 0.0801. The molecule has 1 aromatic heterocycles. The number of nitrogens with zero attached hydrogens (tertiary/aromatic N) is 3. The second-order valence-corrected chi connectivity index (χ2v) is 4.71. The van der Waals surface area contributed by atoms with Crippen LogP contribution in [0.3, 0.4) is 0 Å². The molecule has 1 rings (SSSR count). The molecule has 0 saturated carbocycles. The predicted octanol–water partition coefficient (Wildman–Crippen LogP) is 2.03. The van der Waals surface area contributed by atoms with Gasteiger partial charge in [-0.1, -0.05) is 0 Å². The average molecular weight is 280 g/mol. The molecule has 108 valence electrons. The first-order chi connectivity index (χ1) is 8.59. The van der Waals surface area contributed by atoms with Crippen molar-refractivity contribution in [2.45, 2.75) is 32.5 Å². The quantitative estimate of drug-likeness (QED) is 0.910. The zero-order chi connectivity index (χ0) is 14.7. The molecule has 19 heavy (non-hydrogen) atoms. The van der Waals surface area contributed by atoms with E-state index < -0.39 is 18.8 Å². The van der Waals surface area contributed by atoms with Crippen molar-refractivity contribution in [2.75, 3.05) is 19.0 Å². The van der Waals surface area contributed by atoms with Crippen LogP contribution in [0.4, 0.5) is 19.1 Å². The molecule has 0 amide bonds. The van der Waals surface area contributed by atoms with Gasteiger partial charge in [0.25, 0.3) is 0 Å². The van der Waals surface area contributed by atoms with Gasteiger partial charge in [0.1, 0.15) is 0 Å². The van der Waals surface area contributed by atoms with Gasteiger partial charge in [-0.25, -0.2) is 0 Å². The molecular formula is C10H15F3N4O2. The summed E-state index contributed by atoms with van der Waals surface area (Å²) in [6.07, 6.45) is -4.46. The maximum Gasteiger partial charge on any atom is 0.422 e. The third-order valence-electron chi connectivity index (χ3n) is 1.63. The minimum Gasteiger partial charge on any atom is -0.467 e. The van der Waals surface area contributed by atoms with E-state index in [2.05, 4.69) is 25.0 Å². The van der Waals surface area contributed by atoms with Crippen molar-refractivity contribution in [2.24, 2.45) is 0 Å². The summed E-state index contributed by atoms with van der Waals surface area (Å²) in [4.78, 5) is 11.2. The maximum absolute atomic E-state index is 12.1. The third kappa shape index (κ3) is 6.07. The van der Waals surface area contributed by atoms with Crippen LogP contribution < -0.4 is 14.8 Å². The summed E-state index contributed by atoms with van der Waals surface area (Å²) >= 11 is 0. The van der Waals surface area contributed by atoms with E-state index in [1.54, 1.807) is 0 Å². The van der Waals surface area contributed by atoms with Crippen LogP contribution in [0.1, 0.15) is 20.8 Å². The van der Waals surface area contributed by atoms with Crippen LogP contribution in [0.2, 0.25) is 0 Å². The Morgan fingerprint density at radius 1 is 1.05 bits per heavy atom. The van der Waals surface area contributed by atoms with Crippen molar-refractivity contribution in [3.05, 3.63) is 0 Å². The first-order valence-corrected chi connectivity index (χ1v) is 5.37. The summed E-state index contributed by atoms with van der Waals surface area (Å²) in [5, 5.41) is 2.89. The summed E-state index contributed by atoms with van der Waals surface area (Å²) in [5.41, 5.74) is -0.367. The molecule has 0 unspecified atom stereocenters. The molecule has 1 N–H and O–H groups in total. The Morgan fingerprint density at radius 3 is 2.11 bits per heavy atom. The van der Waals surface area contributed by atoms with E-state index >= 15 is 0 Å². The molecule has 0 aliphatic carbocycles. The molecule has 1 heterocycles. The van der Waals surface area contributed by atoms with Gasteiger partial charge in [-0.2, -0.15) is 23.1 Å². The van der Waals surface area contributed by atoms with E-state index in [1.807, 2.05) is 20.8 Å². The summed E-state index contributed by atoms with van der Waals surface area (Å²) in [6, 6.07) is -0.574. The molecule has 0 aliphatic rings. The lowest BCUT2D eigenvalue weighted by atomic mass is 10.1. The van der Waals surface area contributed by atoms with Crippen molar-refractivity contribution in [1.82, 2.24) is 15.0 Å². The highest BCUT2D eigenvalue weighted by molar-refractivity contribution is 5.30. The number of nitrogens with one attached hydrogen (secondary N) is 1. The van der Waals surface area contributed by atoms with E-state index in [4.69, 9.17) is 4.74 Å². The van der Waals surface area contributed by atoms with Gasteiger partial charge >= 0.3 is 18.2 Å². The smallest absolute Gasteiger partial charge is 0.422 e. The molecule has 0 fully saturated rings. The van der Waals surface area contributed by atoms with Gasteiger partial charge in [0.05, 0.1) is 7.11 Å². The maximum atomic E-state index is 12.1. The Bertz CT molecular complexity index is 432. The number of methoxy groups -OCH3 is 1. The van der Waals surface area contributed by atoms with Crippen LogP contribution in [0.15, 0.2) is 0 Å². The number of hydrogen-bond donors (Lipinski definition) is 1. The minimum atomic E-state index is -4.46. The molecule has 0 spiro atoms. The zero-order valence-electron chi connectivity index (χ0n) is 11.0. The second kappa shape index (κ2) is 5.45. The summed E-state index contributed by atoms with van der Waals surface area (Å²) < 4.78 is 45.4. The highest BCUT2D eigenvalue weighted by atomic mass is 19.4. The van der Waals surface area contributed by atoms with Gasteiger partial charge in [0.2, 0.25) is 5.95 Å². The van der Waals surface area contributed by atoms with E-state index in [9.17, 15) is 13.2 Å². The largest absolute Gasteiger partial charge is 0.467 e. The number of hydrogen-bond acceptors (Lipinski definition) is 6. The molecule has 0 saturated heterocycles. The second-order valence-electron chi connectivity index (χ2n) is 4.71. The van der Waals surface area contributed by atoms with Gasteiger partial charge in [-0.3, -0.25) is 0 Å². The fourth-order valence-corrected chi connectivity index (χ4v) is 1.03. The lowest BCUT2D eigenvalue weighted by molar-refractivity contribution is -0.154. The van der Waals surface area contributed by atoms with Gasteiger partial charge < -0.3 is 14.8 Å². The van der Waals surface area contributed by atoms with E-state index in [0.29, 0.717) is 0 Å². The molecule has 0 radical (unpaired) electrons. The van der Waals surface area contributed by atoms with Gasteiger partial charge in [-0.15, -0.1) is 4.98 Å². The Morgan fingerprint density at radius 2 is 1.63 bits per heavy atom. The van der Waals surface area contributed by atoms with Crippen LogP contribution in [0.5, 0.6) is 12.0 Å². The number of anilines is 1. The van der Waals surface area contributed by atoms with Crippen molar-refractivity contribution in [3.8, 4) is 12.0 Å². The standard InChI is InChI=1S/C10H15F3N4O2/c1-9(2,3)17-6-14-7(18-4)16-8(15-6)19-5-10(11,12)13/h5H2,1-4H3,(H,14,15,16,17).